The average molecular weight is 266 g/mol. The molecule has 98 valence electrons. The number of thiazole rings is 1. The molecule has 1 aromatic heterocycles. The van der Waals surface area contributed by atoms with E-state index in [1.165, 1.54) is 0 Å². The highest BCUT2D eigenvalue weighted by Gasteiger charge is 2.26. The minimum atomic E-state index is -4.06. The fraction of sp³-hybridized carbons (Fsp3) is 0.727. The standard InChI is InChI=1S/C11H17F3N2S/c1-7(10-8(2)17-9(3)16-10)15-6-4-5-11(12,13)14/h7,15H,4-6H2,1-3H3. The highest BCUT2D eigenvalue weighted by molar-refractivity contribution is 7.11. The summed E-state index contributed by atoms with van der Waals surface area (Å²) in [6.45, 7) is 6.19. The van der Waals surface area contributed by atoms with Crippen LogP contribution in [0.2, 0.25) is 0 Å². The van der Waals surface area contributed by atoms with Crippen molar-refractivity contribution in [1.82, 2.24) is 10.3 Å². The summed E-state index contributed by atoms with van der Waals surface area (Å²) in [5.74, 6) is 0. The Labute approximate surface area is 103 Å². The second kappa shape index (κ2) is 5.82. The number of aryl methyl sites for hydroxylation is 2. The number of hydrogen-bond donors (Lipinski definition) is 1. The first-order valence-electron chi connectivity index (χ1n) is 5.53. The Morgan fingerprint density at radius 1 is 1.35 bits per heavy atom. The third-order valence-electron chi connectivity index (χ3n) is 2.44. The molecule has 0 radical (unpaired) electrons. The normalized spacial score (nSPS) is 14.0. The van der Waals surface area contributed by atoms with Crippen molar-refractivity contribution in [1.29, 1.82) is 0 Å². The van der Waals surface area contributed by atoms with Crippen LogP contribution >= 0.6 is 11.3 Å². The molecule has 1 aromatic rings. The van der Waals surface area contributed by atoms with Gasteiger partial charge in [0.2, 0.25) is 0 Å². The van der Waals surface area contributed by atoms with Gasteiger partial charge in [-0.3, -0.25) is 0 Å². The molecule has 0 aliphatic carbocycles. The summed E-state index contributed by atoms with van der Waals surface area (Å²) in [6.07, 6.45) is -4.68. The van der Waals surface area contributed by atoms with Crippen LogP contribution in [-0.2, 0) is 0 Å². The Morgan fingerprint density at radius 3 is 2.47 bits per heavy atom. The van der Waals surface area contributed by atoms with E-state index in [1.54, 1.807) is 11.3 Å². The van der Waals surface area contributed by atoms with Crippen LogP contribution in [0.4, 0.5) is 13.2 Å². The van der Waals surface area contributed by atoms with Gasteiger partial charge in [0.15, 0.2) is 0 Å². The molecule has 1 atom stereocenters. The molecule has 0 saturated carbocycles. The van der Waals surface area contributed by atoms with Crippen molar-refractivity contribution in [2.24, 2.45) is 0 Å². The van der Waals surface area contributed by atoms with Gasteiger partial charge in [-0.15, -0.1) is 11.3 Å². The lowest BCUT2D eigenvalue weighted by atomic mass is 10.2. The van der Waals surface area contributed by atoms with Gasteiger partial charge >= 0.3 is 6.18 Å². The number of nitrogens with zero attached hydrogens (tertiary/aromatic N) is 1. The molecule has 0 fully saturated rings. The largest absolute Gasteiger partial charge is 0.389 e. The Bertz CT molecular complexity index is 360. The lowest BCUT2D eigenvalue weighted by molar-refractivity contribution is -0.135. The van der Waals surface area contributed by atoms with Crippen molar-refractivity contribution in [2.45, 2.75) is 45.8 Å². The van der Waals surface area contributed by atoms with Gasteiger partial charge in [-0.2, -0.15) is 13.2 Å². The van der Waals surface area contributed by atoms with Crippen LogP contribution in [0.15, 0.2) is 0 Å². The van der Waals surface area contributed by atoms with E-state index >= 15 is 0 Å². The summed E-state index contributed by atoms with van der Waals surface area (Å²) < 4.78 is 35.8. The predicted molar refractivity (Wildman–Crippen MR) is 63.3 cm³/mol. The molecule has 1 N–H and O–H groups in total. The van der Waals surface area contributed by atoms with Gasteiger partial charge in [0, 0.05) is 17.3 Å². The van der Waals surface area contributed by atoms with Crippen LogP contribution in [0.25, 0.3) is 0 Å². The van der Waals surface area contributed by atoms with Crippen LogP contribution < -0.4 is 5.32 Å². The maximum absolute atomic E-state index is 11.9. The van der Waals surface area contributed by atoms with E-state index in [0.29, 0.717) is 6.54 Å². The molecule has 0 saturated heterocycles. The minimum Gasteiger partial charge on any atom is -0.309 e. The zero-order valence-corrected chi connectivity index (χ0v) is 11.0. The first kappa shape index (κ1) is 14.4. The first-order chi connectivity index (χ1) is 7.79. The summed E-state index contributed by atoms with van der Waals surface area (Å²) in [4.78, 5) is 5.49. The van der Waals surface area contributed by atoms with Crippen molar-refractivity contribution in [3.63, 3.8) is 0 Å². The van der Waals surface area contributed by atoms with E-state index in [2.05, 4.69) is 10.3 Å². The number of aromatic nitrogens is 1. The Balaban J connectivity index is 2.35. The zero-order valence-electron chi connectivity index (χ0n) is 10.2. The van der Waals surface area contributed by atoms with Crippen molar-refractivity contribution < 1.29 is 13.2 Å². The fourth-order valence-corrected chi connectivity index (χ4v) is 2.56. The zero-order chi connectivity index (χ0) is 13.1. The molecule has 1 unspecified atom stereocenters. The molecule has 0 aromatic carbocycles. The van der Waals surface area contributed by atoms with Gasteiger partial charge in [0.25, 0.3) is 0 Å². The van der Waals surface area contributed by atoms with Crippen molar-refractivity contribution >= 4 is 11.3 Å². The molecule has 2 nitrogen and oxygen atoms in total. The van der Waals surface area contributed by atoms with Crippen LogP contribution in [0.3, 0.4) is 0 Å². The van der Waals surface area contributed by atoms with Crippen LogP contribution in [0.1, 0.15) is 41.4 Å². The fourth-order valence-electron chi connectivity index (χ4n) is 1.65. The summed E-state index contributed by atoms with van der Waals surface area (Å²) >= 11 is 1.61. The maximum atomic E-state index is 11.9. The van der Waals surface area contributed by atoms with Gasteiger partial charge < -0.3 is 5.32 Å². The summed E-state index contributed by atoms with van der Waals surface area (Å²) in [5, 5.41) is 4.06. The van der Waals surface area contributed by atoms with Gasteiger partial charge in [-0.05, 0) is 33.7 Å². The molecular formula is C11H17F3N2S. The molecule has 6 heteroatoms. The minimum absolute atomic E-state index is 0.00758. The molecule has 0 aliphatic rings. The van der Waals surface area contributed by atoms with E-state index in [4.69, 9.17) is 0 Å². The number of halogens is 3. The lowest BCUT2D eigenvalue weighted by Gasteiger charge is -2.13. The van der Waals surface area contributed by atoms with E-state index < -0.39 is 12.6 Å². The smallest absolute Gasteiger partial charge is 0.309 e. The van der Waals surface area contributed by atoms with Gasteiger partial charge in [0.05, 0.1) is 10.7 Å². The molecule has 1 heterocycles. The van der Waals surface area contributed by atoms with Crippen LogP contribution in [0.5, 0.6) is 0 Å². The Morgan fingerprint density at radius 2 is 2.00 bits per heavy atom. The molecule has 0 amide bonds. The highest BCUT2D eigenvalue weighted by Crippen LogP contribution is 2.23. The third-order valence-corrected chi connectivity index (χ3v) is 3.34. The molecule has 17 heavy (non-hydrogen) atoms. The second-order valence-corrected chi connectivity index (χ2v) is 5.48. The third kappa shape index (κ3) is 5.04. The molecule has 0 aliphatic heterocycles. The summed E-state index contributed by atoms with van der Waals surface area (Å²) in [5.41, 5.74) is 0.944. The van der Waals surface area contributed by atoms with Crippen molar-refractivity contribution in [3.05, 3.63) is 15.6 Å². The van der Waals surface area contributed by atoms with Gasteiger partial charge in [-0.25, -0.2) is 4.98 Å². The first-order valence-corrected chi connectivity index (χ1v) is 6.35. The monoisotopic (exact) mass is 266 g/mol. The number of nitrogens with one attached hydrogen (secondary N) is 1. The van der Waals surface area contributed by atoms with E-state index in [-0.39, 0.29) is 12.5 Å². The van der Waals surface area contributed by atoms with E-state index in [1.807, 2.05) is 20.8 Å². The van der Waals surface area contributed by atoms with Gasteiger partial charge in [0.1, 0.15) is 0 Å². The van der Waals surface area contributed by atoms with Crippen molar-refractivity contribution in [2.75, 3.05) is 6.54 Å². The number of alkyl halides is 3. The van der Waals surface area contributed by atoms with E-state index in [0.717, 1.165) is 15.6 Å². The van der Waals surface area contributed by atoms with Crippen LogP contribution in [-0.4, -0.2) is 17.7 Å². The highest BCUT2D eigenvalue weighted by atomic mass is 32.1. The predicted octanol–water partition coefficient (Wildman–Crippen LogP) is 3.75. The number of hydrogen-bond acceptors (Lipinski definition) is 3. The topological polar surface area (TPSA) is 24.9 Å². The second-order valence-electron chi connectivity index (χ2n) is 4.07. The molecule has 1 rings (SSSR count). The maximum Gasteiger partial charge on any atom is 0.389 e. The van der Waals surface area contributed by atoms with Gasteiger partial charge in [-0.1, -0.05) is 0 Å². The Kier molecular flexibility index (Phi) is 4.94. The molecule has 0 spiro atoms. The quantitative estimate of drug-likeness (QED) is 0.821. The molecular weight excluding hydrogens is 249 g/mol. The Hall–Kier alpha value is -0.620. The summed E-state index contributed by atoms with van der Waals surface area (Å²) in [6, 6.07) is 0.00758. The lowest BCUT2D eigenvalue weighted by Crippen LogP contribution is -2.22. The summed E-state index contributed by atoms with van der Waals surface area (Å²) in [7, 11) is 0. The number of rotatable bonds is 5. The molecule has 0 bridgehead atoms. The SMILES string of the molecule is Cc1nc(C(C)NCCCC(F)(F)F)c(C)s1. The average Bonchev–Trinajstić information content (AvgIpc) is 2.51. The van der Waals surface area contributed by atoms with Crippen molar-refractivity contribution in [3.8, 4) is 0 Å². The van der Waals surface area contributed by atoms with E-state index in [9.17, 15) is 13.2 Å². The van der Waals surface area contributed by atoms with Crippen LogP contribution in [0, 0.1) is 13.8 Å².